The van der Waals surface area contributed by atoms with Crippen LogP contribution in [0.4, 0.5) is 0 Å². The molecule has 1 aliphatic carbocycles. The fraction of sp³-hybridized carbons (Fsp3) is 0.588. The molecular formula is C17H21N3O2S. The van der Waals surface area contributed by atoms with Crippen LogP contribution in [0.25, 0.3) is 10.2 Å². The van der Waals surface area contributed by atoms with Crippen molar-refractivity contribution < 1.29 is 4.79 Å². The summed E-state index contributed by atoms with van der Waals surface area (Å²) in [6.07, 6.45) is 7.83. The summed E-state index contributed by atoms with van der Waals surface area (Å²) in [6, 6.07) is 1.78. The van der Waals surface area contributed by atoms with Gasteiger partial charge in [0.05, 0.1) is 11.7 Å². The third-order valence-corrected chi connectivity index (χ3v) is 6.22. The summed E-state index contributed by atoms with van der Waals surface area (Å²) >= 11 is 1.45. The van der Waals surface area contributed by atoms with Crippen molar-refractivity contribution in [1.82, 2.24) is 14.5 Å². The van der Waals surface area contributed by atoms with Crippen molar-refractivity contribution in [1.29, 1.82) is 0 Å². The number of aromatic nitrogens is 2. The van der Waals surface area contributed by atoms with Crippen molar-refractivity contribution in [2.24, 2.45) is 11.8 Å². The highest BCUT2D eigenvalue weighted by Crippen LogP contribution is 2.36. The average Bonchev–Trinajstić information content (AvgIpc) is 3.06. The van der Waals surface area contributed by atoms with Crippen molar-refractivity contribution in [3.05, 3.63) is 28.1 Å². The summed E-state index contributed by atoms with van der Waals surface area (Å²) in [7, 11) is 0. The molecule has 1 aliphatic heterocycles. The van der Waals surface area contributed by atoms with Gasteiger partial charge in [0.15, 0.2) is 0 Å². The van der Waals surface area contributed by atoms with E-state index in [0.717, 1.165) is 30.3 Å². The van der Waals surface area contributed by atoms with E-state index in [1.807, 2.05) is 10.3 Å². The molecule has 4 rings (SSSR count). The fourth-order valence-electron chi connectivity index (χ4n) is 4.08. The Balaban J connectivity index is 1.48. The molecular weight excluding hydrogens is 310 g/mol. The zero-order valence-corrected chi connectivity index (χ0v) is 13.9. The number of likely N-dealkylation sites (tertiary alicyclic amines) is 1. The number of fused-ring (bicyclic) bond motifs is 2. The lowest BCUT2D eigenvalue weighted by Gasteiger charge is -2.41. The van der Waals surface area contributed by atoms with Gasteiger partial charge in [-0.25, -0.2) is 4.98 Å². The SMILES string of the molecule is O=C(Cn1cnc2sccc2c1=O)N1CC[C@H]2CCCC[C@H]2C1. The first-order valence-electron chi connectivity index (χ1n) is 8.43. The monoisotopic (exact) mass is 331 g/mol. The first-order chi connectivity index (χ1) is 11.2. The lowest BCUT2D eigenvalue weighted by Crippen LogP contribution is -2.46. The molecule has 5 nitrogen and oxygen atoms in total. The molecule has 2 atom stereocenters. The minimum Gasteiger partial charge on any atom is -0.341 e. The van der Waals surface area contributed by atoms with E-state index in [-0.39, 0.29) is 18.0 Å². The van der Waals surface area contributed by atoms with E-state index >= 15 is 0 Å². The number of hydrogen-bond acceptors (Lipinski definition) is 4. The predicted octanol–water partition coefficient (Wildman–Crippen LogP) is 2.50. The second-order valence-electron chi connectivity index (χ2n) is 6.75. The van der Waals surface area contributed by atoms with Crippen molar-refractivity contribution in [2.45, 2.75) is 38.6 Å². The highest BCUT2D eigenvalue weighted by molar-refractivity contribution is 7.16. The molecule has 0 radical (unpaired) electrons. The van der Waals surface area contributed by atoms with E-state index in [2.05, 4.69) is 4.98 Å². The van der Waals surface area contributed by atoms with E-state index in [0.29, 0.717) is 11.3 Å². The van der Waals surface area contributed by atoms with Gasteiger partial charge in [-0.2, -0.15) is 0 Å². The standard InChI is InChI=1S/C17H21N3O2S/c21-15(19-7-5-12-3-1-2-4-13(12)9-19)10-20-11-18-16-14(17(20)22)6-8-23-16/h6,8,11-13H,1-5,7,9-10H2/t12-,13+/m1/s1. The van der Waals surface area contributed by atoms with E-state index in [1.54, 1.807) is 6.07 Å². The molecule has 0 bridgehead atoms. The molecule has 0 N–H and O–H groups in total. The number of amides is 1. The Morgan fingerprint density at radius 3 is 2.96 bits per heavy atom. The lowest BCUT2D eigenvalue weighted by molar-refractivity contribution is -0.135. The Bertz CT molecular complexity index is 781. The number of nitrogens with zero attached hydrogens (tertiary/aromatic N) is 3. The fourth-order valence-corrected chi connectivity index (χ4v) is 4.80. The van der Waals surface area contributed by atoms with Crippen LogP contribution in [0.3, 0.4) is 0 Å². The third kappa shape index (κ3) is 2.80. The van der Waals surface area contributed by atoms with Gasteiger partial charge < -0.3 is 4.90 Å². The maximum absolute atomic E-state index is 12.6. The Kier molecular flexibility index (Phi) is 3.93. The number of hydrogen-bond donors (Lipinski definition) is 0. The maximum atomic E-state index is 12.6. The van der Waals surface area contributed by atoms with Crippen LogP contribution in [-0.4, -0.2) is 33.4 Å². The summed E-state index contributed by atoms with van der Waals surface area (Å²) in [5, 5.41) is 2.47. The van der Waals surface area contributed by atoms with Crippen LogP contribution in [0, 0.1) is 11.8 Å². The summed E-state index contributed by atoms with van der Waals surface area (Å²) in [5.74, 6) is 1.52. The molecule has 0 unspecified atom stereocenters. The number of carbonyl (C=O) groups is 1. The van der Waals surface area contributed by atoms with Crippen LogP contribution in [0.1, 0.15) is 32.1 Å². The molecule has 1 saturated carbocycles. The molecule has 2 aromatic heterocycles. The van der Waals surface area contributed by atoms with Crippen LogP contribution in [0.2, 0.25) is 0 Å². The molecule has 0 aromatic carbocycles. The number of thiophene rings is 1. The molecule has 0 spiro atoms. The summed E-state index contributed by atoms with van der Waals surface area (Å²) < 4.78 is 1.45. The van der Waals surface area contributed by atoms with Crippen LogP contribution in [0.15, 0.2) is 22.6 Å². The molecule has 1 amide bonds. The Labute approximate surface area is 138 Å². The van der Waals surface area contributed by atoms with Gasteiger partial charge in [-0.1, -0.05) is 19.3 Å². The molecule has 2 aliphatic rings. The first kappa shape index (κ1) is 14.9. The minimum atomic E-state index is -0.114. The zero-order chi connectivity index (χ0) is 15.8. The highest BCUT2D eigenvalue weighted by Gasteiger charge is 2.32. The van der Waals surface area contributed by atoms with Gasteiger partial charge in [-0.15, -0.1) is 11.3 Å². The van der Waals surface area contributed by atoms with Crippen molar-refractivity contribution in [3.8, 4) is 0 Å². The van der Waals surface area contributed by atoms with Crippen LogP contribution >= 0.6 is 11.3 Å². The second kappa shape index (κ2) is 6.07. The summed E-state index contributed by atoms with van der Waals surface area (Å²) in [4.78, 5) is 32.0. The number of carbonyl (C=O) groups excluding carboxylic acids is 1. The quantitative estimate of drug-likeness (QED) is 0.849. The first-order valence-corrected chi connectivity index (χ1v) is 9.31. The number of piperidine rings is 1. The Morgan fingerprint density at radius 2 is 2.09 bits per heavy atom. The predicted molar refractivity (Wildman–Crippen MR) is 90.5 cm³/mol. The van der Waals surface area contributed by atoms with Gasteiger partial charge in [0.25, 0.3) is 5.56 Å². The smallest absolute Gasteiger partial charge is 0.262 e. The van der Waals surface area contributed by atoms with E-state index < -0.39 is 0 Å². The van der Waals surface area contributed by atoms with Crippen molar-refractivity contribution >= 4 is 27.5 Å². The van der Waals surface area contributed by atoms with Gasteiger partial charge in [0, 0.05) is 13.1 Å². The highest BCUT2D eigenvalue weighted by atomic mass is 32.1. The number of rotatable bonds is 2. The van der Waals surface area contributed by atoms with Crippen LogP contribution in [-0.2, 0) is 11.3 Å². The maximum Gasteiger partial charge on any atom is 0.262 e. The summed E-state index contributed by atoms with van der Waals surface area (Å²) in [6.45, 7) is 1.81. The van der Waals surface area contributed by atoms with E-state index in [4.69, 9.17) is 0 Å². The normalized spacial score (nSPS) is 24.6. The van der Waals surface area contributed by atoms with Gasteiger partial charge in [0.2, 0.25) is 5.91 Å². The minimum absolute atomic E-state index is 0.0486. The summed E-state index contributed by atoms with van der Waals surface area (Å²) in [5.41, 5.74) is -0.114. The second-order valence-corrected chi connectivity index (χ2v) is 7.64. The zero-order valence-electron chi connectivity index (χ0n) is 13.1. The lowest BCUT2D eigenvalue weighted by atomic mass is 9.75. The topological polar surface area (TPSA) is 55.2 Å². The van der Waals surface area contributed by atoms with Crippen LogP contribution in [0.5, 0.6) is 0 Å². The van der Waals surface area contributed by atoms with Gasteiger partial charge in [-0.05, 0) is 36.1 Å². The molecule has 2 aromatic rings. The molecule has 1 saturated heterocycles. The molecule has 122 valence electrons. The largest absolute Gasteiger partial charge is 0.341 e. The molecule has 2 fully saturated rings. The van der Waals surface area contributed by atoms with Crippen molar-refractivity contribution in [3.63, 3.8) is 0 Å². The Hall–Kier alpha value is -1.69. The molecule has 23 heavy (non-hydrogen) atoms. The Morgan fingerprint density at radius 1 is 1.26 bits per heavy atom. The molecule has 6 heteroatoms. The average molecular weight is 331 g/mol. The van der Waals surface area contributed by atoms with Crippen molar-refractivity contribution in [2.75, 3.05) is 13.1 Å². The molecule has 3 heterocycles. The van der Waals surface area contributed by atoms with E-state index in [9.17, 15) is 9.59 Å². The third-order valence-electron chi connectivity index (χ3n) is 5.40. The van der Waals surface area contributed by atoms with Gasteiger partial charge in [-0.3, -0.25) is 14.2 Å². The van der Waals surface area contributed by atoms with Crippen LogP contribution < -0.4 is 5.56 Å². The van der Waals surface area contributed by atoms with E-state index in [1.165, 1.54) is 47.9 Å². The van der Waals surface area contributed by atoms with Gasteiger partial charge >= 0.3 is 0 Å². The van der Waals surface area contributed by atoms with Gasteiger partial charge in [0.1, 0.15) is 11.4 Å².